The van der Waals surface area contributed by atoms with Crippen LogP contribution in [0.15, 0.2) is 36.1 Å². The monoisotopic (exact) mass is 342 g/mol. The molecule has 1 unspecified atom stereocenters. The van der Waals surface area contributed by atoms with E-state index in [1.165, 1.54) is 24.5 Å². The summed E-state index contributed by atoms with van der Waals surface area (Å²) in [6, 6.07) is 2.56. The number of hydrogen-bond acceptors (Lipinski definition) is 5. The van der Waals surface area contributed by atoms with Crippen LogP contribution in [-0.4, -0.2) is 38.8 Å². The average molecular weight is 342 g/mol. The summed E-state index contributed by atoms with van der Waals surface area (Å²) in [5, 5.41) is 3.06. The largest absolute Gasteiger partial charge is 0.338 e. The van der Waals surface area contributed by atoms with E-state index in [2.05, 4.69) is 15.0 Å². The molecule has 1 aliphatic rings. The summed E-state index contributed by atoms with van der Waals surface area (Å²) in [6.45, 7) is 1.34. The molecule has 1 saturated heterocycles. The van der Waals surface area contributed by atoms with Crippen LogP contribution < -0.4 is 0 Å². The number of rotatable bonds is 3. The summed E-state index contributed by atoms with van der Waals surface area (Å²) in [7, 11) is 0. The molecule has 2 aromatic heterocycles. The maximum Gasteiger partial charge on any atom is 0.256 e. The van der Waals surface area contributed by atoms with E-state index in [-0.39, 0.29) is 11.5 Å². The summed E-state index contributed by atoms with van der Waals surface area (Å²) in [5.41, 5.74) is 1.14. The molecule has 1 fully saturated rings. The van der Waals surface area contributed by atoms with Crippen molar-refractivity contribution >= 4 is 28.3 Å². The highest BCUT2D eigenvalue weighted by molar-refractivity contribution is 7.09. The molecular weight excluding hydrogens is 327 g/mol. The first kappa shape index (κ1) is 15.1. The Hall–Kier alpha value is -2.41. The first-order valence-corrected chi connectivity index (χ1v) is 8.66. The number of likely N-dealkylation sites (tertiary alicyclic amines) is 1. The molecule has 0 N–H and O–H groups in total. The number of carbonyl (C=O) groups excluding carboxylic acids is 1. The minimum Gasteiger partial charge on any atom is -0.338 e. The third-order valence-corrected chi connectivity index (χ3v) is 5.09. The Balaban J connectivity index is 1.56. The van der Waals surface area contributed by atoms with Gasteiger partial charge in [0.2, 0.25) is 0 Å². The number of aromatic nitrogens is 3. The van der Waals surface area contributed by atoms with Crippen LogP contribution in [0.25, 0.3) is 11.0 Å². The van der Waals surface area contributed by atoms with Crippen molar-refractivity contribution in [1.29, 1.82) is 0 Å². The molecule has 7 heteroatoms. The predicted octanol–water partition coefficient (Wildman–Crippen LogP) is 2.93. The number of carbonyl (C=O) groups is 1. The van der Waals surface area contributed by atoms with Gasteiger partial charge >= 0.3 is 0 Å². The molecule has 122 valence electrons. The zero-order valence-corrected chi connectivity index (χ0v) is 13.7. The van der Waals surface area contributed by atoms with Crippen molar-refractivity contribution in [1.82, 2.24) is 19.9 Å². The van der Waals surface area contributed by atoms with Gasteiger partial charge in [0.05, 0.1) is 16.1 Å². The SMILES string of the molecule is O=C(c1cc(F)cc2nccnc12)N1CCC(Cc2nccs2)C1. The molecule has 4 rings (SSSR count). The number of nitrogens with zero attached hydrogens (tertiary/aromatic N) is 4. The number of amides is 1. The zero-order valence-electron chi connectivity index (χ0n) is 12.9. The zero-order chi connectivity index (χ0) is 16.5. The van der Waals surface area contributed by atoms with Crippen molar-refractivity contribution < 1.29 is 9.18 Å². The second kappa shape index (κ2) is 6.24. The highest BCUT2D eigenvalue weighted by Gasteiger charge is 2.29. The van der Waals surface area contributed by atoms with Gasteiger partial charge < -0.3 is 4.90 Å². The van der Waals surface area contributed by atoms with E-state index in [1.807, 2.05) is 5.38 Å². The Bertz CT molecular complexity index is 883. The predicted molar refractivity (Wildman–Crippen MR) is 89.3 cm³/mol. The molecule has 5 nitrogen and oxygen atoms in total. The van der Waals surface area contributed by atoms with Crippen LogP contribution in [0.5, 0.6) is 0 Å². The van der Waals surface area contributed by atoms with E-state index in [0.29, 0.717) is 30.0 Å². The van der Waals surface area contributed by atoms with E-state index in [4.69, 9.17) is 0 Å². The average Bonchev–Trinajstić information content (AvgIpc) is 3.26. The second-order valence-corrected chi connectivity index (χ2v) is 6.89. The lowest BCUT2D eigenvalue weighted by atomic mass is 10.1. The molecule has 0 radical (unpaired) electrons. The van der Waals surface area contributed by atoms with Crippen molar-refractivity contribution in [3.05, 3.63) is 52.5 Å². The number of thiazole rings is 1. The highest BCUT2D eigenvalue weighted by Crippen LogP contribution is 2.25. The molecule has 1 aliphatic heterocycles. The van der Waals surface area contributed by atoms with Gasteiger partial charge in [0.15, 0.2) is 0 Å². The van der Waals surface area contributed by atoms with Gasteiger partial charge in [0.1, 0.15) is 11.3 Å². The number of hydrogen-bond donors (Lipinski definition) is 0. The standard InChI is InChI=1S/C17H15FN4OS/c18-12-8-13(16-14(9-12)19-2-3-21-16)17(23)22-5-1-11(10-22)7-15-20-4-6-24-15/h2-4,6,8-9,11H,1,5,7,10H2. The van der Waals surface area contributed by atoms with Crippen LogP contribution in [0.2, 0.25) is 0 Å². The van der Waals surface area contributed by atoms with E-state index >= 15 is 0 Å². The molecule has 24 heavy (non-hydrogen) atoms. The Morgan fingerprint density at radius 2 is 2.12 bits per heavy atom. The first-order valence-electron chi connectivity index (χ1n) is 7.78. The molecule has 0 saturated carbocycles. The van der Waals surface area contributed by atoms with Crippen LogP contribution >= 0.6 is 11.3 Å². The lowest BCUT2D eigenvalue weighted by molar-refractivity contribution is 0.0788. The topological polar surface area (TPSA) is 59.0 Å². The molecule has 3 heterocycles. The smallest absolute Gasteiger partial charge is 0.256 e. The molecule has 0 aliphatic carbocycles. The van der Waals surface area contributed by atoms with Crippen molar-refractivity contribution in [2.24, 2.45) is 5.92 Å². The summed E-state index contributed by atoms with van der Waals surface area (Å²) >= 11 is 1.64. The van der Waals surface area contributed by atoms with Gasteiger partial charge in [-0.15, -0.1) is 11.3 Å². The normalized spacial score (nSPS) is 17.5. The van der Waals surface area contributed by atoms with Gasteiger partial charge in [-0.2, -0.15) is 0 Å². The lowest BCUT2D eigenvalue weighted by Crippen LogP contribution is -2.29. The molecule has 1 atom stereocenters. The Kier molecular flexibility index (Phi) is 3.93. The first-order chi connectivity index (χ1) is 11.7. The van der Waals surface area contributed by atoms with Crippen LogP contribution in [0.1, 0.15) is 21.8 Å². The van der Waals surface area contributed by atoms with Gasteiger partial charge in [-0.1, -0.05) is 0 Å². The summed E-state index contributed by atoms with van der Waals surface area (Å²) in [4.78, 5) is 27.2. The van der Waals surface area contributed by atoms with Gasteiger partial charge in [-0.05, 0) is 18.4 Å². The fourth-order valence-electron chi connectivity index (χ4n) is 3.16. The Labute approximate surface area is 142 Å². The molecule has 1 amide bonds. The third-order valence-electron chi connectivity index (χ3n) is 4.29. The van der Waals surface area contributed by atoms with Crippen LogP contribution in [0.4, 0.5) is 4.39 Å². The Morgan fingerprint density at radius 1 is 1.25 bits per heavy atom. The fourth-order valence-corrected chi connectivity index (χ4v) is 3.89. The minimum absolute atomic E-state index is 0.179. The van der Waals surface area contributed by atoms with Crippen molar-refractivity contribution in [3.8, 4) is 0 Å². The Morgan fingerprint density at radius 3 is 2.96 bits per heavy atom. The van der Waals surface area contributed by atoms with E-state index < -0.39 is 5.82 Å². The fraction of sp³-hybridized carbons (Fsp3) is 0.294. The summed E-state index contributed by atoms with van der Waals surface area (Å²) < 4.78 is 13.8. The van der Waals surface area contributed by atoms with Gasteiger partial charge in [0, 0.05) is 49.5 Å². The third kappa shape index (κ3) is 2.87. The number of fused-ring (bicyclic) bond motifs is 1. The van der Waals surface area contributed by atoms with Crippen LogP contribution in [0.3, 0.4) is 0 Å². The quantitative estimate of drug-likeness (QED) is 0.734. The number of halogens is 1. The lowest BCUT2D eigenvalue weighted by Gasteiger charge is -2.17. The molecule has 3 aromatic rings. The maximum absolute atomic E-state index is 13.8. The van der Waals surface area contributed by atoms with Gasteiger partial charge in [-0.25, -0.2) is 9.37 Å². The van der Waals surface area contributed by atoms with Crippen LogP contribution in [-0.2, 0) is 6.42 Å². The molecular formula is C17H15FN4OS. The van der Waals surface area contributed by atoms with Gasteiger partial charge in [-0.3, -0.25) is 14.8 Å². The van der Waals surface area contributed by atoms with Crippen molar-refractivity contribution in [2.45, 2.75) is 12.8 Å². The van der Waals surface area contributed by atoms with Crippen molar-refractivity contribution in [3.63, 3.8) is 0 Å². The van der Waals surface area contributed by atoms with E-state index in [1.54, 1.807) is 22.4 Å². The van der Waals surface area contributed by atoms with E-state index in [9.17, 15) is 9.18 Å². The second-order valence-electron chi connectivity index (χ2n) is 5.91. The molecule has 1 aromatic carbocycles. The number of benzene rings is 1. The highest BCUT2D eigenvalue weighted by atomic mass is 32.1. The van der Waals surface area contributed by atoms with E-state index in [0.717, 1.165) is 17.8 Å². The summed E-state index contributed by atoms with van der Waals surface area (Å²) in [6.07, 6.45) is 6.63. The van der Waals surface area contributed by atoms with Gasteiger partial charge in [0.25, 0.3) is 5.91 Å². The molecule has 0 bridgehead atoms. The molecule has 0 spiro atoms. The van der Waals surface area contributed by atoms with Crippen molar-refractivity contribution in [2.75, 3.05) is 13.1 Å². The summed E-state index contributed by atoms with van der Waals surface area (Å²) in [5.74, 6) is -0.252. The van der Waals surface area contributed by atoms with Crippen LogP contribution in [0, 0.1) is 11.7 Å². The minimum atomic E-state index is -0.468. The maximum atomic E-state index is 13.8.